The van der Waals surface area contributed by atoms with Gasteiger partial charge in [-0.15, -0.1) is 0 Å². The zero-order chi connectivity index (χ0) is 14.7. The van der Waals surface area contributed by atoms with E-state index in [0.717, 1.165) is 57.3 Å². The van der Waals surface area contributed by atoms with Gasteiger partial charge in [-0.3, -0.25) is 4.90 Å². The number of aryl methyl sites for hydroxylation is 1. The van der Waals surface area contributed by atoms with Crippen LogP contribution in [0.15, 0.2) is 12.1 Å². The molecule has 0 radical (unpaired) electrons. The van der Waals surface area contributed by atoms with Gasteiger partial charge in [0, 0.05) is 44.5 Å². The van der Waals surface area contributed by atoms with Gasteiger partial charge in [0.1, 0.15) is 5.82 Å². The van der Waals surface area contributed by atoms with Crippen molar-refractivity contribution in [1.29, 1.82) is 0 Å². The van der Waals surface area contributed by atoms with Gasteiger partial charge in [0.25, 0.3) is 0 Å². The van der Waals surface area contributed by atoms with Crippen molar-refractivity contribution >= 4 is 5.82 Å². The summed E-state index contributed by atoms with van der Waals surface area (Å²) in [6.45, 7) is 8.77. The zero-order valence-electron chi connectivity index (χ0n) is 12.9. The van der Waals surface area contributed by atoms with Crippen molar-refractivity contribution in [3.05, 3.63) is 23.4 Å². The van der Waals surface area contributed by atoms with Crippen LogP contribution in [0.2, 0.25) is 0 Å². The second-order valence-electron chi connectivity index (χ2n) is 5.92. The maximum Gasteiger partial charge on any atom is 0.129 e. The number of nitrogens with zero attached hydrogens (tertiary/aromatic N) is 3. The highest BCUT2D eigenvalue weighted by atomic mass is 16.5. The Morgan fingerprint density at radius 1 is 1.29 bits per heavy atom. The van der Waals surface area contributed by atoms with Crippen LogP contribution in [-0.2, 0) is 17.7 Å². The molecule has 2 aliphatic rings. The highest BCUT2D eigenvalue weighted by molar-refractivity contribution is 5.44. The standard InChI is InChI=1S/C16H26N4O/c1-2-14-9-13(11-17)10-16(18-14)20-4-3-15(12-20)19-5-7-21-8-6-19/h9-10,15H,2-8,11-12,17H2,1H3. The van der Waals surface area contributed by atoms with Crippen LogP contribution in [0.4, 0.5) is 5.82 Å². The molecule has 3 heterocycles. The molecule has 0 spiro atoms. The first kappa shape index (κ1) is 14.8. The zero-order valence-corrected chi connectivity index (χ0v) is 12.9. The molecule has 2 fully saturated rings. The van der Waals surface area contributed by atoms with Gasteiger partial charge in [0.05, 0.1) is 13.2 Å². The summed E-state index contributed by atoms with van der Waals surface area (Å²) in [5, 5.41) is 0. The lowest BCUT2D eigenvalue weighted by Gasteiger charge is -2.32. The van der Waals surface area contributed by atoms with E-state index in [9.17, 15) is 0 Å². The normalized spacial score (nSPS) is 23.7. The van der Waals surface area contributed by atoms with Crippen molar-refractivity contribution in [3.8, 4) is 0 Å². The molecule has 21 heavy (non-hydrogen) atoms. The van der Waals surface area contributed by atoms with Crippen LogP contribution in [0.5, 0.6) is 0 Å². The van der Waals surface area contributed by atoms with Crippen molar-refractivity contribution < 1.29 is 4.74 Å². The monoisotopic (exact) mass is 290 g/mol. The molecule has 116 valence electrons. The molecule has 0 amide bonds. The lowest BCUT2D eigenvalue weighted by Crippen LogP contribution is -2.44. The van der Waals surface area contributed by atoms with E-state index in [1.54, 1.807) is 0 Å². The minimum absolute atomic E-state index is 0.587. The smallest absolute Gasteiger partial charge is 0.129 e. The van der Waals surface area contributed by atoms with Gasteiger partial charge in [-0.1, -0.05) is 6.92 Å². The molecule has 5 heteroatoms. The SMILES string of the molecule is CCc1cc(CN)cc(N2CCC(N3CCOCC3)C2)n1. The lowest BCUT2D eigenvalue weighted by molar-refractivity contribution is 0.0209. The van der Waals surface area contributed by atoms with Gasteiger partial charge in [-0.05, 0) is 30.5 Å². The van der Waals surface area contributed by atoms with E-state index in [2.05, 4.69) is 28.9 Å². The van der Waals surface area contributed by atoms with Crippen LogP contribution < -0.4 is 10.6 Å². The van der Waals surface area contributed by atoms with Crippen molar-refractivity contribution in [2.45, 2.75) is 32.4 Å². The molecule has 2 N–H and O–H groups in total. The van der Waals surface area contributed by atoms with E-state index in [0.29, 0.717) is 12.6 Å². The van der Waals surface area contributed by atoms with Crippen molar-refractivity contribution in [3.63, 3.8) is 0 Å². The minimum Gasteiger partial charge on any atom is -0.379 e. The van der Waals surface area contributed by atoms with Gasteiger partial charge in [-0.25, -0.2) is 4.98 Å². The molecule has 1 aromatic heterocycles. The molecule has 1 atom stereocenters. The Morgan fingerprint density at radius 3 is 2.81 bits per heavy atom. The van der Waals surface area contributed by atoms with Crippen LogP contribution in [0, 0.1) is 0 Å². The fourth-order valence-corrected chi connectivity index (χ4v) is 3.28. The number of rotatable bonds is 4. The third-order valence-electron chi connectivity index (χ3n) is 4.57. The fraction of sp³-hybridized carbons (Fsp3) is 0.688. The van der Waals surface area contributed by atoms with E-state index < -0.39 is 0 Å². The summed E-state index contributed by atoms with van der Waals surface area (Å²) in [7, 11) is 0. The first-order valence-electron chi connectivity index (χ1n) is 8.06. The summed E-state index contributed by atoms with van der Waals surface area (Å²) >= 11 is 0. The van der Waals surface area contributed by atoms with Crippen molar-refractivity contribution in [1.82, 2.24) is 9.88 Å². The van der Waals surface area contributed by atoms with Gasteiger partial charge < -0.3 is 15.4 Å². The van der Waals surface area contributed by atoms with E-state index in [1.165, 1.54) is 12.0 Å². The lowest BCUT2D eigenvalue weighted by atomic mass is 10.2. The average Bonchev–Trinajstić information content (AvgIpc) is 3.05. The summed E-state index contributed by atoms with van der Waals surface area (Å²) in [6, 6.07) is 4.92. The third-order valence-corrected chi connectivity index (χ3v) is 4.57. The largest absolute Gasteiger partial charge is 0.379 e. The van der Waals surface area contributed by atoms with Crippen molar-refractivity contribution in [2.75, 3.05) is 44.3 Å². The molecule has 0 bridgehead atoms. The van der Waals surface area contributed by atoms with E-state index in [4.69, 9.17) is 15.5 Å². The summed E-state index contributed by atoms with van der Waals surface area (Å²) in [5.74, 6) is 1.10. The second kappa shape index (κ2) is 6.73. The minimum atomic E-state index is 0.587. The maximum absolute atomic E-state index is 5.82. The highest BCUT2D eigenvalue weighted by Crippen LogP contribution is 2.23. The number of morpholine rings is 1. The first-order valence-corrected chi connectivity index (χ1v) is 8.06. The molecule has 0 aliphatic carbocycles. The average molecular weight is 290 g/mol. The Hall–Kier alpha value is -1.17. The summed E-state index contributed by atoms with van der Waals surface area (Å²) in [6.07, 6.45) is 2.18. The second-order valence-corrected chi connectivity index (χ2v) is 5.92. The first-order chi connectivity index (χ1) is 10.3. The predicted molar refractivity (Wildman–Crippen MR) is 84.5 cm³/mol. The highest BCUT2D eigenvalue weighted by Gasteiger charge is 2.29. The molecule has 1 unspecified atom stereocenters. The maximum atomic E-state index is 5.82. The number of pyridine rings is 1. The summed E-state index contributed by atoms with van der Waals surface area (Å²) in [4.78, 5) is 9.77. The Kier molecular flexibility index (Phi) is 4.73. The van der Waals surface area contributed by atoms with Crippen LogP contribution in [-0.4, -0.2) is 55.3 Å². The van der Waals surface area contributed by atoms with E-state index >= 15 is 0 Å². The fourth-order valence-electron chi connectivity index (χ4n) is 3.28. The van der Waals surface area contributed by atoms with Crippen LogP contribution in [0.25, 0.3) is 0 Å². The van der Waals surface area contributed by atoms with Crippen LogP contribution in [0.3, 0.4) is 0 Å². The molecule has 0 aromatic carbocycles. The van der Waals surface area contributed by atoms with Crippen LogP contribution >= 0.6 is 0 Å². The number of aromatic nitrogens is 1. The number of ether oxygens (including phenoxy) is 1. The molecular weight excluding hydrogens is 264 g/mol. The number of anilines is 1. The Bertz CT molecular complexity index is 451. The molecule has 0 saturated carbocycles. The van der Waals surface area contributed by atoms with Gasteiger partial charge in [0.15, 0.2) is 0 Å². The molecular formula is C16H26N4O. The van der Waals surface area contributed by atoms with E-state index in [-0.39, 0.29) is 0 Å². The van der Waals surface area contributed by atoms with Gasteiger partial charge >= 0.3 is 0 Å². The summed E-state index contributed by atoms with van der Waals surface area (Å²) < 4.78 is 5.45. The molecule has 2 aliphatic heterocycles. The third kappa shape index (κ3) is 3.36. The van der Waals surface area contributed by atoms with Gasteiger partial charge in [0.2, 0.25) is 0 Å². The van der Waals surface area contributed by atoms with Crippen molar-refractivity contribution in [2.24, 2.45) is 5.73 Å². The Morgan fingerprint density at radius 2 is 2.10 bits per heavy atom. The quantitative estimate of drug-likeness (QED) is 0.897. The van der Waals surface area contributed by atoms with Gasteiger partial charge in [-0.2, -0.15) is 0 Å². The topological polar surface area (TPSA) is 54.6 Å². The molecule has 3 rings (SSSR count). The summed E-state index contributed by atoms with van der Waals surface area (Å²) in [5.41, 5.74) is 8.14. The number of nitrogens with two attached hydrogens (primary N) is 1. The number of hydrogen-bond acceptors (Lipinski definition) is 5. The molecule has 1 aromatic rings. The molecule has 5 nitrogen and oxygen atoms in total. The Labute approximate surface area is 127 Å². The molecule has 2 saturated heterocycles. The van der Waals surface area contributed by atoms with E-state index in [1.807, 2.05) is 0 Å². The number of hydrogen-bond donors (Lipinski definition) is 1. The predicted octanol–water partition coefficient (Wildman–Crippen LogP) is 1.01. The Balaban J connectivity index is 1.70. The van der Waals surface area contributed by atoms with Crippen LogP contribution in [0.1, 0.15) is 24.6 Å².